The third-order valence-corrected chi connectivity index (χ3v) is 6.87. The predicted octanol–water partition coefficient (Wildman–Crippen LogP) is 5.02. The molecule has 122 valence electrons. The first-order valence-corrected chi connectivity index (χ1v) is 10.6. The molecule has 0 radical (unpaired) electrons. The summed E-state index contributed by atoms with van der Waals surface area (Å²) in [5.41, 5.74) is 2.94. The number of aryl methyl sites for hydroxylation is 2. The molecule has 1 unspecified atom stereocenters. The van der Waals surface area contributed by atoms with E-state index in [0.29, 0.717) is 10.9 Å². The maximum Gasteiger partial charge on any atom is 0.300 e. The molecule has 0 heterocycles. The van der Waals surface area contributed by atoms with Gasteiger partial charge in [-0.3, -0.25) is 9.36 Å². The molecule has 0 fully saturated rings. The highest BCUT2D eigenvalue weighted by atomic mass is 127. The fourth-order valence-corrected chi connectivity index (χ4v) is 5.19. The van der Waals surface area contributed by atoms with Gasteiger partial charge in [0, 0.05) is 15.3 Å². The van der Waals surface area contributed by atoms with Gasteiger partial charge in [-0.25, -0.2) is 0 Å². The molecule has 0 saturated heterocycles. The molecule has 2 aromatic carbocycles. The van der Waals surface area contributed by atoms with Crippen LogP contribution in [0.15, 0.2) is 42.5 Å². The Morgan fingerprint density at radius 2 is 1.70 bits per heavy atom. The predicted molar refractivity (Wildman–Crippen MR) is 103 cm³/mol. The zero-order valence-corrected chi connectivity index (χ0v) is 16.6. The van der Waals surface area contributed by atoms with Gasteiger partial charge in [0.2, 0.25) is 0 Å². The number of carbonyl (C=O) groups excluding carboxylic acids is 1. The van der Waals surface area contributed by atoms with Crippen molar-refractivity contribution in [2.75, 3.05) is 6.61 Å². The summed E-state index contributed by atoms with van der Waals surface area (Å²) in [5, 5.41) is 0.448. The lowest BCUT2D eigenvalue weighted by Crippen LogP contribution is -2.17. The van der Waals surface area contributed by atoms with Crippen LogP contribution in [0.5, 0.6) is 0 Å². The quantitative estimate of drug-likeness (QED) is 0.359. The minimum absolute atomic E-state index is 0.224. The molecule has 3 nitrogen and oxygen atoms in total. The van der Waals surface area contributed by atoms with Crippen LogP contribution in [0.2, 0.25) is 0 Å². The number of hydrogen-bond donors (Lipinski definition) is 0. The zero-order valence-electron chi connectivity index (χ0n) is 13.5. The second-order valence-electron chi connectivity index (χ2n) is 5.35. The summed E-state index contributed by atoms with van der Waals surface area (Å²) < 4.78 is 19.8. The fourth-order valence-electron chi connectivity index (χ4n) is 2.67. The first-order chi connectivity index (χ1) is 10.9. The standard InChI is InChI=1S/C18H20IO3P/c1-4-22-23(21,16-8-6-5-7-9-16)18(20)17-13(2)10-15(12-19)11-14(17)3/h5-11H,4,12H2,1-3H3. The number of carbonyl (C=O) groups is 1. The highest BCUT2D eigenvalue weighted by molar-refractivity contribution is 14.1. The summed E-state index contributed by atoms with van der Waals surface area (Å²) in [4.78, 5) is 13.1. The van der Waals surface area contributed by atoms with Crippen LogP contribution in [-0.4, -0.2) is 12.1 Å². The van der Waals surface area contributed by atoms with Gasteiger partial charge in [0.05, 0.1) is 6.61 Å². The number of halogens is 1. The van der Waals surface area contributed by atoms with E-state index in [1.807, 2.05) is 32.0 Å². The lowest BCUT2D eigenvalue weighted by atomic mass is 10.0. The lowest BCUT2D eigenvalue weighted by molar-refractivity contribution is 0.105. The molecule has 0 bridgehead atoms. The Morgan fingerprint density at radius 1 is 1.13 bits per heavy atom. The van der Waals surface area contributed by atoms with Gasteiger partial charge >= 0.3 is 7.37 Å². The summed E-state index contributed by atoms with van der Waals surface area (Å²) in [5.74, 6) is 0. The molecule has 0 saturated carbocycles. The first kappa shape index (κ1) is 18.4. The Bertz CT molecular complexity index is 733. The van der Waals surface area contributed by atoms with Crippen LogP contribution in [-0.2, 0) is 13.5 Å². The van der Waals surface area contributed by atoms with Gasteiger partial charge in [-0.1, -0.05) is 52.9 Å². The fraction of sp³-hybridized carbons (Fsp3) is 0.278. The Hall–Kier alpha value is -0.970. The van der Waals surface area contributed by atoms with Gasteiger partial charge in [0.15, 0.2) is 0 Å². The van der Waals surface area contributed by atoms with Gasteiger partial charge in [-0.05, 0) is 49.6 Å². The molecule has 0 aliphatic heterocycles. The van der Waals surface area contributed by atoms with E-state index in [0.717, 1.165) is 21.1 Å². The van der Waals surface area contributed by atoms with E-state index in [1.54, 1.807) is 31.2 Å². The summed E-state index contributed by atoms with van der Waals surface area (Å²) in [7, 11) is -3.60. The van der Waals surface area contributed by atoms with Crippen LogP contribution in [0.3, 0.4) is 0 Å². The van der Waals surface area contributed by atoms with Crippen molar-refractivity contribution in [2.45, 2.75) is 25.2 Å². The molecule has 0 N–H and O–H groups in total. The summed E-state index contributed by atoms with van der Waals surface area (Å²) in [6.07, 6.45) is 0. The van der Waals surface area contributed by atoms with E-state index in [9.17, 15) is 9.36 Å². The largest absolute Gasteiger partial charge is 0.320 e. The Balaban J connectivity index is 2.58. The minimum atomic E-state index is -3.60. The van der Waals surface area contributed by atoms with Gasteiger partial charge < -0.3 is 4.52 Å². The first-order valence-electron chi connectivity index (χ1n) is 7.45. The Morgan fingerprint density at radius 3 is 2.17 bits per heavy atom. The van der Waals surface area contributed by atoms with Crippen molar-refractivity contribution >= 4 is 40.8 Å². The van der Waals surface area contributed by atoms with Crippen molar-refractivity contribution in [3.63, 3.8) is 0 Å². The molecule has 0 aliphatic carbocycles. The number of hydrogen-bond acceptors (Lipinski definition) is 3. The Kier molecular flexibility index (Phi) is 6.18. The van der Waals surface area contributed by atoms with E-state index >= 15 is 0 Å². The molecule has 0 spiro atoms. The second-order valence-corrected chi connectivity index (χ2v) is 8.39. The molecule has 0 amide bonds. The molecule has 1 atom stereocenters. The van der Waals surface area contributed by atoms with Crippen molar-refractivity contribution in [1.82, 2.24) is 0 Å². The molecule has 23 heavy (non-hydrogen) atoms. The van der Waals surface area contributed by atoms with Crippen molar-refractivity contribution < 1.29 is 13.9 Å². The third-order valence-electron chi connectivity index (χ3n) is 3.64. The van der Waals surface area contributed by atoms with Crippen LogP contribution < -0.4 is 5.30 Å². The molecule has 5 heteroatoms. The van der Waals surface area contributed by atoms with Crippen LogP contribution in [0.4, 0.5) is 0 Å². The van der Waals surface area contributed by atoms with Crippen LogP contribution in [0.25, 0.3) is 0 Å². The van der Waals surface area contributed by atoms with Crippen LogP contribution >= 0.6 is 30.0 Å². The van der Waals surface area contributed by atoms with Gasteiger partial charge in [-0.2, -0.15) is 0 Å². The van der Waals surface area contributed by atoms with Crippen molar-refractivity contribution in [3.8, 4) is 0 Å². The van der Waals surface area contributed by atoms with Crippen molar-refractivity contribution in [1.29, 1.82) is 0 Å². The van der Waals surface area contributed by atoms with E-state index in [2.05, 4.69) is 22.6 Å². The third kappa shape index (κ3) is 3.76. The number of benzene rings is 2. The second kappa shape index (κ2) is 7.73. The topological polar surface area (TPSA) is 43.4 Å². The molecular weight excluding hydrogens is 422 g/mol. The van der Waals surface area contributed by atoms with Crippen molar-refractivity contribution in [3.05, 3.63) is 64.7 Å². The molecule has 2 aromatic rings. The van der Waals surface area contributed by atoms with Gasteiger partial charge in [0.1, 0.15) is 0 Å². The molecule has 2 rings (SSSR count). The summed E-state index contributed by atoms with van der Waals surface area (Å²) >= 11 is 2.29. The number of alkyl halides is 1. The highest BCUT2D eigenvalue weighted by Crippen LogP contribution is 2.49. The lowest BCUT2D eigenvalue weighted by Gasteiger charge is -2.19. The van der Waals surface area contributed by atoms with Crippen LogP contribution in [0, 0.1) is 13.8 Å². The van der Waals surface area contributed by atoms with Crippen molar-refractivity contribution in [2.24, 2.45) is 0 Å². The van der Waals surface area contributed by atoms with E-state index < -0.39 is 12.9 Å². The minimum Gasteiger partial charge on any atom is -0.320 e. The van der Waals surface area contributed by atoms with Crippen LogP contribution in [0.1, 0.15) is 34.0 Å². The SMILES string of the molecule is CCOP(=O)(C(=O)c1c(C)cc(CI)cc1C)c1ccccc1. The average molecular weight is 442 g/mol. The highest BCUT2D eigenvalue weighted by Gasteiger charge is 2.37. The average Bonchev–Trinajstić information content (AvgIpc) is 2.54. The van der Waals surface area contributed by atoms with Gasteiger partial charge in [-0.15, -0.1) is 0 Å². The zero-order chi connectivity index (χ0) is 17.0. The van der Waals surface area contributed by atoms with E-state index in [1.165, 1.54) is 0 Å². The summed E-state index contributed by atoms with van der Waals surface area (Å²) in [6.45, 7) is 5.75. The normalized spacial score (nSPS) is 13.6. The maximum atomic E-state index is 13.4. The monoisotopic (exact) mass is 442 g/mol. The Labute approximate surface area is 151 Å². The smallest absolute Gasteiger partial charge is 0.300 e. The van der Waals surface area contributed by atoms with E-state index in [4.69, 9.17) is 4.52 Å². The van der Waals surface area contributed by atoms with E-state index in [-0.39, 0.29) is 6.61 Å². The molecule has 0 aromatic heterocycles. The van der Waals surface area contributed by atoms with Gasteiger partial charge in [0.25, 0.3) is 5.52 Å². The summed E-state index contributed by atoms with van der Waals surface area (Å²) in [6, 6.07) is 12.7. The number of rotatable bonds is 6. The maximum absolute atomic E-state index is 13.4. The molecule has 0 aliphatic rings. The molecular formula is C18H20IO3P.